The summed E-state index contributed by atoms with van der Waals surface area (Å²) in [7, 11) is 0. The Kier molecular flexibility index (Phi) is 6.17. The van der Waals surface area contributed by atoms with Gasteiger partial charge in [-0.25, -0.2) is 0 Å². The Morgan fingerprint density at radius 2 is 2.00 bits per heavy atom. The molecule has 0 radical (unpaired) electrons. The van der Waals surface area contributed by atoms with Crippen LogP contribution >= 0.6 is 11.6 Å². The Hall–Kier alpha value is -0.240. The maximum absolute atomic E-state index is 11.0. The van der Waals surface area contributed by atoms with Crippen LogP contribution in [0.5, 0.6) is 0 Å². The largest absolute Gasteiger partial charge is 0.356 e. The van der Waals surface area contributed by atoms with Crippen molar-refractivity contribution in [3.05, 3.63) is 0 Å². The summed E-state index contributed by atoms with van der Waals surface area (Å²) in [5, 5.41) is 3.05. The van der Waals surface area contributed by atoms with E-state index >= 15 is 0 Å². The van der Waals surface area contributed by atoms with E-state index in [9.17, 15) is 4.79 Å². The van der Waals surface area contributed by atoms with Gasteiger partial charge in [-0.1, -0.05) is 13.8 Å². The van der Waals surface area contributed by atoms with Crippen LogP contribution in [-0.2, 0) is 4.79 Å². The predicted molar refractivity (Wildman–Crippen MR) is 52.4 cm³/mol. The molecule has 2 nitrogen and oxygen atoms in total. The fraction of sp³-hybridized carbons (Fsp3) is 0.889. The summed E-state index contributed by atoms with van der Waals surface area (Å²) in [4.78, 5) is 11.0. The first kappa shape index (κ1) is 11.8. The Labute approximate surface area is 79.7 Å². The van der Waals surface area contributed by atoms with Crippen LogP contribution in [0, 0.1) is 5.92 Å². The summed E-state index contributed by atoms with van der Waals surface area (Å²) in [6, 6.07) is 0. The van der Waals surface area contributed by atoms with Gasteiger partial charge in [0, 0.05) is 17.8 Å². The maximum atomic E-state index is 11.0. The molecule has 0 saturated heterocycles. The number of hydrogen-bond acceptors (Lipinski definition) is 1. The summed E-state index contributed by atoms with van der Waals surface area (Å²) in [5.41, 5.74) is 0. The first-order valence-corrected chi connectivity index (χ1v) is 4.89. The zero-order chi connectivity index (χ0) is 9.56. The van der Waals surface area contributed by atoms with E-state index in [1.54, 1.807) is 0 Å². The Bertz CT molecular complexity index is 134. The van der Waals surface area contributed by atoms with Crippen LogP contribution in [0.4, 0.5) is 0 Å². The van der Waals surface area contributed by atoms with Gasteiger partial charge in [0.2, 0.25) is 5.91 Å². The van der Waals surface area contributed by atoms with Crippen molar-refractivity contribution in [1.29, 1.82) is 0 Å². The second-order valence-corrected chi connectivity index (χ2v) is 4.11. The number of halogens is 1. The van der Waals surface area contributed by atoms with E-state index in [0.29, 0.717) is 0 Å². The molecule has 12 heavy (non-hydrogen) atoms. The fourth-order valence-corrected chi connectivity index (χ4v) is 0.953. The molecule has 0 saturated carbocycles. The molecule has 1 atom stereocenters. The zero-order valence-electron chi connectivity index (χ0n) is 8.06. The standard InChI is InChI=1S/C9H18ClNO/c1-7(2)9(12)11-6-4-5-8(3)10/h7-8H,4-6H2,1-3H3,(H,11,12). The van der Waals surface area contributed by atoms with E-state index in [1.807, 2.05) is 20.8 Å². The first-order chi connectivity index (χ1) is 5.54. The highest BCUT2D eigenvalue weighted by Crippen LogP contribution is 2.02. The second kappa shape index (κ2) is 6.30. The lowest BCUT2D eigenvalue weighted by atomic mass is 10.2. The maximum Gasteiger partial charge on any atom is 0.222 e. The minimum absolute atomic E-state index is 0.0819. The van der Waals surface area contributed by atoms with Gasteiger partial charge in [-0.15, -0.1) is 11.6 Å². The number of carbonyl (C=O) groups excluding carboxylic acids is 1. The van der Waals surface area contributed by atoms with Crippen LogP contribution in [0.1, 0.15) is 33.6 Å². The molecule has 1 amide bonds. The molecule has 0 aliphatic carbocycles. The molecule has 0 aromatic heterocycles. The molecule has 1 unspecified atom stereocenters. The average Bonchev–Trinajstić information content (AvgIpc) is 1.97. The van der Waals surface area contributed by atoms with Gasteiger partial charge in [-0.3, -0.25) is 4.79 Å². The van der Waals surface area contributed by atoms with Crippen LogP contribution in [0.3, 0.4) is 0 Å². The molecule has 0 aromatic rings. The second-order valence-electron chi connectivity index (χ2n) is 3.37. The summed E-state index contributed by atoms with van der Waals surface area (Å²) in [6.07, 6.45) is 1.92. The molecule has 0 spiro atoms. The van der Waals surface area contributed by atoms with Crippen LogP contribution < -0.4 is 5.32 Å². The normalized spacial score (nSPS) is 13.1. The lowest BCUT2D eigenvalue weighted by molar-refractivity contribution is -0.123. The van der Waals surface area contributed by atoms with Crippen LogP contribution in [0.2, 0.25) is 0 Å². The molecule has 0 fully saturated rings. The molecule has 1 N–H and O–H groups in total. The quantitative estimate of drug-likeness (QED) is 0.524. The topological polar surface area (TPSA) is 29.1 Å². The Morgan fingerprint density at radius 1 is 1.42 bits per heavy atom. The Morgan fingerprint density at radius 3 is 2.42 bits per heavy atom. The van der Waals surface area contributed by atoms with Crippen LogP contribution in [-0.4, -0.2) is 17.8 Å². The van der Waals surface area contributed by atoms with E-state index in [4.69, 9.17) is 11.6 Å². The molecular weight excluding hydrogens is 174 g/mol. The van der Waals surface area contributed by atoms with Crippen LogP contribution in [0.15, 0.2) is 0 Å². The SMILES string of the molecule is CC(Cl)CCCNC(=O)C(C)C. The molecule has 3 heteroatoms. The van der Waals surface area contributed by atoms with E-state index in [-0.39, 0.29) is 17.2 Å². The minimum atomic E-state index is 0.0819. The van der Waals surface area contributed by atoms with E-state index < -0.39 is 0 Å². The molecular formula is C9H18ClNO. The summed E-state index contributed by atoms with van der Waals surface area (Å²) in [5.74, 6) is 0.204. The molecule has 0 aromatic carbocycles. The number of hydrogen-bond donors (Lipinski definition) is 1. The van der Waals surface area contributed by atoms with Crippen molar-refractivity contribution in [2.24, 2.45) is 5.92 Å². The number of carbonyl (C=O) groups is 1. The molecule has 0 bridgehead atoms. The lowest BCUT2D eigenvalue weighted by Gasteiger charge is -2.07. The van der Waals surface area contributed by atoms with Gasteiger partial charge in [0.25, 0.3) is 0 Å². The van der Waals surface area contributed by atoms with Gasteiger partial charge >= 0.3 is 0 Å². The summed E-state index contributed by atoms with van der Waals surface area (Å²) < 4.78 is 0. The fourth-order valence-electron chi connectivity index (χ4n) is 0.799. The summed E-state index contributed by atoms with van der Waals surface area (Å²) >= 11 is 5.74. The van der Waals surface area contributed by atoms with Gasteiger partial charge in [0.15, 0.2) is 0 Å². The summed E-state index contributed by atoms with van der Waals surface area (Å²) in [6.45, 7) is 6.49. The molecule has 72 valence electrons. The van der Waals surface area contributed by atoms with Crippen molar-refractivity contribution in [2.45, 2.75) is 39.0 Å². The van der Waals surface area contributed by atoms with Gasteiger partial charge < -0.3 is 5.32 Å². The van der Waals surface area contributed by atoms with E-state index in [1.165, 1.54) is 0 Å². The monoisotopic (exact) mass is 191 g/mol. The van der Waals surface area contributed by atoms with Gasteiger partial charge in [-0.2, -0.15) is 0 Å². The van der Waals surface area contributed by atoms with Crippen molar-refractivity contribution < 1.29 is 4.79 Å². The highest BCUT2D eigenvalue weighted by atomic mass is 35.5. The number of alkyl halides is 1. The van der Waals surface area contributed by atoms with E-state index in [2.05, 4.69) is 5.32 Å². The van der Waals surface area contributed by atoms with Gasteiger partial charge in [0.05, 0.1) is 0 Å². The van der Waals surface area contributed by atoms with Crippen molar-refractivity contribution in [2.75, 3.05) is 6.54 Å². The van der Waals surface area contributed by atoms with Crippen molar-refractivity contribution >= 4 is 17.5 Å². The van der Waals surface area contributed by atoms with Crippen molar-refractivity contribution in [3.63, 3.8) is 0 Å². The molecule has 0 aliphatic rings. The van der Waals surface area contributed by atoms with Crippen molar-refractivity contribution in [1.82, 2.24) is 5.32 Å². The molecule has 0 heterocycles. The minimum Gasteiger partial charge on any atom is -0.356 e. The highest BCUT2D eigenvalue weighted by Gasteiger charge is 2.04. The molecule has 0 rings (SSSR count). The van der Waals surface area contributed by atoms with Gasteiger partial charge in [-0.05, 0) is 19.8 Å². The third-order valence-corrected chi connectivity index (χ3v) is 1.82. The molecule has 0 aliphatic heterocycles. The van der Waals surface area contributed by atoms with Crippen molar-refractivity contribution in [3.8, 4) is 0 Å². The number of rotatable bonds is 5. The number of amides is 1. The third-order valence-electron chi connectivity index (χ3n) is 1.60. The third kappa shape index (κ3) is 6.47. The van der Waals surface area contributed by atoms with Crippen LogP contribution in [0.25, 0.3) is 0 Å². The Balaban J connectivity index is 3.26. The zero-order valence-corrected chi connectivity index (χ0v) is 8.82. The highest BCUT2D eigenvalue weighted by molar-refractivity contribution is 6.20. The lowest BCUT2D eigenvalue weighted by Crippen LogP contribution is -2.28. The smallest absolute Gasteiger partial charge is 0.222 e. The first-order valence-electron chi connectivity index (χ1n) is 4.45. The number of nitrogens with one attached hydrogen (secondary N) is 1. The van der Waals surface area contributed by atoms with E-state index in [0.717, 1.165) is 19.4 Å². The average molecular weight is 192 g/mol. The predicted octanol–water partition coefficient (Wildman–Crippen LogP) is 2.17. The van der Waals surface area contributed by atoms with Gasteiger partial charge in [0.1, 0.15) is 0 Å².